The van der Waals surface area contributed by atoms with Gasteiger partial charge in [0.1, 0.15) is 0 Å². The first-order valence-corrected chi connectivity index (χ1v) is 9.83. The Balaban J connectivity index is 0.00000312. The van der Waals surface area contributed by atoms with Gasteiger partial charge in [0.2, 0.25) is 0 Å². The minimum Gasteiger partial charge on any atom is -0.381 e. The molecule has 142 valence electrons. The quantitative estimate of drug-likeness (QED) is 0.362. The van der Waals surface area contributed by atoms with Crippen molar-refractivity contribution in [1.82, 2.24) is 10.2 Å². The number of nitrogens with zero attached hydrogens (tertiary/aromatic N) is 2. The smallest absolute Gasteiger partial charge is 0.193 e. The summed E-state index contributed by atoms with van der Waals surface area (Å²) in [6, 6.07) is 7.96. The molecule has 0 aliphatic carbocycles. The molecule has 0 radical (unpaired) electrons. The molecule has 0 spiro atoms. The fraction of sp³-hybridized carbons (Fsp3) is 0.611. The van der Waals surface area contributed by atoms with E-state index in [1.165, 1.54) is 5.56 Å². The minimum absolute atomic E-state index is 0. The van der Waals surface area contributed by atoms with E-state index in [1.807, 2.05) is 37.0 Å². The Morgan fingerprint density at radius 2 is 2.12 bits per heavy atom. The second-order valence-corrected chi connectivity index (χ2v) is 8.28. The van der Waals surface area contributed by atoms with E-state index >= 15 is 0 Å². The van der Waals surface area contributed by atoms with Gasteiger partial charge in [-0.15, -0.1) is 24.0 Å². The van der Waals surface area contributed by atoms with Crippen molar-refractivity contribution < 1.29 is 4.74 Å². The molecule has 1 aromatic carbocycles. The predicted octanol–water partition coefficient (Wildman–Crippen LogP) is 4.27. The van der Waals surface area contributed by atoms with Crippen LogP contribution in [0.4, 0.5) is 0 Å². The summed E-state index contributed by atoms with van der Waals surface area (Å²) in [7, 11) is 3.89. The Kier molecular flexibility index (Phi) is 10.5. The second-order valence-electron chi connectivity index (χ2n) is 6.12. The van der Waals surface area contributed by atoms with Gasteiger partial charge in [-0.25, -0.2) is 0 Å². The zero-order chi connectivity index (χ0) is 17.4. The van der Waals surface area contributed by atoms with Crippen LogP contribution < -0.4 is 5.32 Å². The van der Waals surface area contributed by atoms with Gasteiger partial charge in [-0.1, -0.05) is 30.7 Å². The van der Waals surface area contributed by atoms with Crippen LogP contribution >= 0.6 is 47.3 Å². The van der Waals surface area contributed by atoms with Crippen molar-refractivity contribution in [1.29, 1.82) is 0 Å². The molecule has 1 heterocycles. The zero-order valence-electron chi connectivity index (χ0n) is 15.3. The number of halogens is 2. The zero-order valence-corrected chi connectivity index (χ0v) is 19.2. The summed E-state index contributed by atoms with van der Waals surface area (Å²) in [6.07, 6.45) is 2.18. The van der Waals surface area contributed by atoms with Gasteiger partial charge in [-0.05, 0) is 36.3 Å². The van der Waals surface area contributed by atoms with Crippen molar-refractivity contribution in [2.75, 3.05) is 39.6 Å². The summed E-state index contributed by atoms with van der Waals surface area (Å²) in [5, 5.41) is 4.33. The van der Waals surface area contributed by atoms with E-state index < -0.39 is 0 Å². The molecular weight excluding hydrogens is 469 g/mol. The van der Waals surface area contributed by atoms with E-state index in [9.17, 15) is 0 Å². The molecule has 0 bridgehead atoms. The fourth-order valence-corrected chi connectivity index (χ4v) is 4.49. The average Bonchev–Trinajstić information content (AvgIpc) is 2.56. The summed E-state index contributed by atoms with van der Waals surface area (Å²) in [6.45, 7) is 5.62. The highest BCUT2D eigenvalue weighted by Gasteiger charge is 2.32. The lowest BCUT2D eigenvalue weighted by molar-refractivity contribution is 0.0780. The first-order valence-electron chi connectivity index (χ1n) is 8.46. The molecule has 1 fully saturated rings. The molecular formula is C18H29ClIN3OS. The fourth-order valence-electron chi connectivity index (χ4n) is 3.03. The van der Waals surface area contributed by atoms with Crippen LogP contribution in [0.2, 0.25) is 5.02 Å². The molecule has 4 nitrogen and oxygen atoms in total. The molecule has 0 amide bonds. The molecule has 1 saturated heterocycles. The van der Waals surface area contributed by atoms with Crippen molar-refractivity contribution in [2.45, 2.75) is 31.1 Å². The predicted molar refractivity (Wildman–Crippen MR) is 121 cm³/mol. The van der Waals surface area contributed by atoms with E-state index in [4.69, 9.17) is 16.3 Å². The number of guanidine groups is 1. The SMILES string of the molecule is CCSC1(CNC(=NC)N(C)Cc2cccc(Cl)c2)CCOCC1.I. The first kappa shape index (κ1) is 22.9. The van der Waals surface area contributed by atoms with Crippen LogP contribution in [0.3, 0.4) is 0 Å². The monoisotopic (exact) mass is 497 g/mol. The number of benzene rings is 1. The Labute approximate surface area is 178 Å². The van der Waals surface area contributed by atoms with Crippen molar-refractivity contribution >= 4 is 53.3 Å². The Hall–Kier alpha value is -0.180. The minimum atomic E-state index is 0. The topological polar surface area (TPSA) is 36.9 Å². The van der Waals surface area contributed by atoms with Crippen LogP contribution in [0.15, 0.2) is 29.3 Å². The third-order valence-corrected chi connectivity index (χ3v) is 5.99. The van der Waals surface area contributed by atoms with Crippen LogP contribution in [0, 0.1) is 0 Å². The number of nitrogens with one attached hydrogen (secondary N) is 1. The number of ether oxygens (including phenoxy) is 1. The standard InChI is InChI=1S/C18H28ClN3OS.HI/c1-4-24-18(8-10-23-11-9-18)14-21-17(20-2)22(3)13-15-6-5-7-16(19)12-15;/h5-7,12H,4,8-11,13-14H2,1-3H3,(H,20,21);1H. The van der Waals surface area contributed by atoms with Gasteiger partial charge in [0, 0.05) is 50.2 Å². The lowest BCUT2D eigenvalue weighted by atomic mass is 9.99. The normalized spacial score (nSPS) is 16.9. The highest BCUT2D eigenvalue weighted by molar-refractivity contribution is 14.0. The van der Waals surface area contributed by atoms with Crippen LogP contribution in [0.1, 0.15) is 25.3 Å². The van der Waals surface area contributed by atoms with Gasteiger partial charge in [0.15, 0.2) is 5.96 Å². The maximum Gasteiger partial charge on any atom is 0.193 e. The number of hydrogen-bond donors (Lipinski definition) is 1. The highest BCUT2D eigenvalue weighted by atomic mass is 127. The molecule has 1 aliphatic heterocycles. The van der Waals surface area contributed by atoms with Crippen LogP contribution in [-0.4, -0.2) is 55.2 Å². The summed E-state index contributed by atoms with van der Waals surface area (Å²) in [5.74, 6) is 2.04. The molecule has 1 N–H and O–H groups in total. The van der Waals surface area contributed by atoms with Crippen molar-refractivity contribution in [3.63, 3.8) is 0 Å². The molecule has 1 aliphatic rings. The van der Waals surface area contributed by atoms with Crippen molar-refractivity contribution in [2.24, 2.45) is 4.99 Å². The van der Waals surface area contributed by atoms with E-state index in [0.717, 1.165) is 55.9 Å². The summed E-state index contributed by atoms with van der Waals surface area (Å²) in [4.78, 5) is 6.57. The number of hydrogen-bond acceptors (Lipinski definition) is 3. The molecule has 0 aromatic heterocycles. The van der Waals surface area contributed by atoms with Gasteiger partial charge in [0.05, 0.1) is 0 Å². The van der Waals surface area contributed by atoms with Crippen molar-refractivity contribution in [3.05, 3.63) is 34.9 Å². The number of rotatable bonds is 6. The molecule has 1 aromatic rings. The van der Waals surface area contributed by atoms with E-state index in [-0.39, 0.29) is 28.7 Å². The number of aliphatic imine (C=N–C) groups is 1. The van der Waals surface area contributed by atoms with Gasteiger partial charge < -0.3 is 15.0 Å². The summed E-state index contributed by atoms with van der Waals surface area (Å²) < 4.78 is 5.80. The summed E-state index contributed by atoms with van der Waals surface area (Å²) >= 11 is 8.11. The van der Waals surface area contributed by atoms with E-state index in [2.05, 4.69) is 35.2 Å². The second kappa shape index (κ2) is 11.5. The molecule has 2 rings (SSSR count). The van der Waals surface area contributed by atoms with Gasteiger partial charge in [0.25, 0.3) is 0 Å². The molecule has 0 saturated carbocycles. The lowest BCUT2D eigenvalue weighted by Crippen LogP contribution is -2.48. The van der Waals surface area contributed by atoms with E-state index in [1.54, 1.807) is 0 Å². The van der Waals surface area contributed by atoms with Crippen molar-refractivity contribution in [3.8, 4) is 0 Å². The third-order valence-electron chi connectivity index (χ3n) is 4.31. The Morgan fingerprint density at radius 1 is 1.40 bits per heavy atom. The van der Waals surface area contributed by atoms with Crippen LogP contribution in [-0.2, 0) is 11.3 Å². The molecule has 0 atom stereocenters. The molecule has 25 heavy (non-hydrogen) atoms. The maximum absolute atomic E-state index is 6.08. The van der Waals surface area contributed by atoms with Crippen LogP contribution in [0.5, 0.6) is 0 Å². The van der Waals surface area contributed by atoms with Gasteiger partial charge in [-0.2, -0.15) is 11.8 Å². The van der Waals surface area contributed by atoms with E-state index in [0.29, 0.717) is 0 Å². The third kappa shape index (κ3) is 7.15. The maximum atomic E-state index is 6.08. The van der Waals surface area contributed by atoms with Gasteiger partial charge >= 0.3 is 0 Å². The Morgan fingerprint density at radius 3 is 2.72 bits per heavy atom. The van der Waals surface area contributed by atoms with Gasteiger partial charge in [-0.3, -0.25) is 4.99 Å². The average molecular weight is 498 g/mol. The molecule has 0 unspecified atom stereocenters. The molecule has 7 heteroatoms. The number of thioether (sulfide) groups is 1. The van der Waals surface area contributed by atoms with Crippen LogP contribution in [0.25, 0.3) is 0 Å². The highest BCUT2D eigenvalue weighted by Crippen LogP contribution is 2.34. The largest absolute Gasteiger partial charge is 0.381 e. The Bertz CT molecular complexity index is 547. The first-order chi connectivity index (χ1) is 11.6. The summed E-state index contributed by atoms with van der Waals surface area (Å²) in [5.41, 5.74) is 1.18. The lowest BCUT2D eigenvalue weighted by Gasteiger charge is -2.37.